The van der Waals surface area contributed by atoms with E-state index in [1.54, 1.807) is 30.3 Å². The first-order valence-corrected chi connectivity index (χ1v) is 7.97. The number of aryl methyl sites for hydroxylation is 2. The fourth-order valence-corrected chi connectivity index (χ4v) is 2.16. The normalized spacial score (nSPS) is 10.0. The summed E-state index contributed by atoms with van der Waals surface area (Å²) in [5.41, 5.74) is 7.80. The molecule has 0 aliphatic rings. The number of carbonyl (C=O) groups excluding carboxylic acids is 3. The molecule has 0 bridgehead atoms. The van der Waals surface area contributed by atoms with Gasteiger partial charge in [0, 0.05) is 24.1 Å². The van der Waals surface area contributed by atoms with Crippen molar-refractivity contribution < 1.29 is 14.4 Å². The maximum Gasteiger partial charge on any atom is 0.269 e. The molecule has 2 rings (SSSR count). The van der Waals surface area contributed by atoms with Gasteiger partial charge < -0.3 is 5.32 Å². The molecule has 0 spiro atoms. The van der Waals surface area contributed by atoms with E-state index in [0.717, 1.165) is 16.8 Å². The van der Waals surface area contributed by atoms with Crippen molar-refractivity contribution in [1.29, 1.82) is 0 Å². The molecule has 25 heavy (non-hydrogen) atoms. The highest BCUT2D eigenvalue weighted by molar-refractivity contribution is 5.96. The van der Waals surface area contributed by atoms with Gasteiger partial charge in [-0.15, -0.1) is 0 Å². The maximum atomic E-state index is 12.0. The van der Waals surface area contributed by atoms with Gasteiger partial charge in [-0.2, -0.15) is 0 Å². The van der Waals surface area contributed by atoms with Gasteiger partial charge in [0.15, 0.2) is 0 Å². The molecular formula is C19H21N3O3. The van der Waals surface area contributed by atoms with Crippen molar-refractivity contribution in [2.24, 2.45) is 0 Å². The zero-order chi connectivity index (χ0) is 18.2. The number of amides is 3. The van der Waals surface area contributed by atoms with Crippen LogP contribution in [0.1, 0.15) is 34.3 Å². The summed E-state index contributed by atoms with van der Waals surface area (Å²) in [6.07, 6.45) is 0.00614. The van der Waals surface area contributed by atoms with Gasteiger partial charge in [-0.3, -0.25) is 25.2 Å². The molecule has 2 aromatic carbocycles. The Bertz CT molecular complexity index is 773. The second kappa shape index (κ2) is 8.63. The molecule has 0 aromatic heterocycles. The summed E-state index contributed by atoms with van der Waals surface area (Å²) in [5.74, 6) is -1.09. The fraction of sp³-hybridized carbons (Fsp3) is 0.211. The van der Waals surface area contributed by atoms with Crippen LogP contribution >= 0.6 is 0 Å². The molecule has 2 aromatic rings. The second-order valence-electron chi connectivity index (χ2n) is 5.73. The van der Waals surface area contributed by atoms with Crippen LogP contribution in [0.4, 0.5) is 5.69 Å². The predicted molar refractivity (Wildman–Crippen MR) is 95.8 cm³/mol. The van der Waals surface area contributed by atoms with E-state index < -0.39 is 11.8 Å². The van der Waals surface area contributed by atoms with Crippen molar-refractivity contribution in [3.05, 3.63) is 65.2 Å². The zero-order valence-corrected chi connectivity index (χ0v) is 14.3. The largest absolute Gasteiger partial charge is 0.326 e. The first-order chi connectivity index (χ1) is 12.0. The minimum absolute atomic E-state index is 0.0221. The Balaban J connectivity index is 1.75. The lowest BCUT2D eigenvalue weighted by Crippen LogP contribution is -2.41. The third-order valence-corrected chi connectivity index (χ3v) is 3.60. The van der Waals surface area contributed by atoms with Gasteiger partial charge in [0.05, 0.1) is 0 Å². The lowest BCUT2D eigenvalue weighted by Gasteiger charge is -2.10. The topological polar surface area (TPSA) is 87.3 Å². The Kier molecular flexibility index (Phi) is 6.28. The third-order valence-electron chi connectivity index (χ3n) is 3.60. The molecular weight excluding hydrogens is 318 g/mol. The summed E-state index contributed by atoms with van der Waals surface area (Å²) in [5, 5.41) is 2.79. The zero-order valence-electron chi connectivity index (χ0n) is 14.3. The lowest BCUT2D eigenvalue weighted by atomic mass is 10.1. The summed E-state index contributed by atoms with van der Waals surface area (Å²) in [6.45, 7) is 3.85. The Morgan fingerprint density at radius 1 is 0.840 bits per heavy atom. The van der Waals surface area contributed by atoms with Crippen LogP contribution in [-0.2, 0) is 9.59 Å². The number of carbonyl (C=O) groups is 3. The number of hydrazine groups is 1. The molecule has 3 amide bonds. The molecule has 0 fully saturated rings. The van der Waals surface area contributed by atoms with E-state index in [1.807, 2.05) is 32.0 Å². The van der Waals surface area contributed by atoms with Crippen LogP contribution in [0.5, 0.6) is 0 Å². The van der Waals surface area contributed by atoms with Gasteiger partial charge in [-0.25, -0.2) is 0 Å². The molecule has 3 N–H and O–H groups in total. The molecule has 0 unspecified atom stereocenters. The average molecular weight is 339 g/mol. The Morgan fingerprint density at radius 2 is 1.52 bits per heavy atom. The molecule has 6 nitrogen and oxygen atoms in total. The van der Waals surface area contributed by atoms with Crippen LogP contribution in [-0.4, -0.2) is 17.7 Å². The van der Waals surface area contributed by atoms with Gasteiger partial charge in [0.1, 0.15) is 0 Å². The van der Waals surface area contributed by atoms with Crippen molar-refractivity contribution >= 4 is 23.4 Å². The number of benzene rings is 2. The standard InChI is InChI=1S/C19H21N3O3/c1-13-8-9-14(2)16(12-13)20-17(23)10-11-18(24)21-22-19(25)15-6-4-3-5-7-15/h3-9,12H,10-11H2,1-2H3,(H,20,23)(H,21,24)(H,22,25). The molecule has 0 heterocycles. The highest BCUT2D eigenvalue weighted by Gasteiger charge is 2.10. The van der Waals surface area contributed by atoms with Crippen LogP contribution in [0.2, 0.25) is 0 Å². The summed E-state index contributed by atoms with van der Waals surface area (Å²) in [7, 11) is 0. The molecule has 130 valence electrons. The van der Waals surface area contributed by atoms with E-state index in [0.29, 0.717) is 5.56 Å². The van der Waals surface area contributed by atoms with E-state index in [4.69, 9.17) is 0 Å². The summed E-state index contributed by atoms with van der Waals surface area (Å²) in [6, 6.07) is 14.3. The Hall–Kier alpha value is -3.15. The van der Waals surface area contributed by atoms with Gasteiger partial charge in [-0.1, -0.05) is 30.3 Å². The highest BCUT2D eigenvalue weighted by atomic mass is 16.2. The first-order valence-electron chi connectivity index (χ1n) is 7.97. The van der Waals surface area contributed by atoms with E-state index >= 15 is 0 Å². The quantitative estimate of drug-likeness (QED) is 0.731. The van der Waals surface area contributed by atoms with Gasteiger partial charge in [0.25, 0.3) is 5.91 Å². The number of anilines is 1. The van der Waals surface area contributed by atoms with Gasteiger partial charge in [0.2, 0.25) is 11.8 Å². The lowest BCUT2D eigenvalue weighted by molar-refractivity contribution is -0.124. The summed E-state index contributed by atoms with van der Waals surface area (Å²) < 4.78 is 0. The fourth-order valence-electron chi connectivity index (χ4n) is 2.16. The minimum Gasteiger partial charge on any atom is -0.326 e. The molecule has 6 heteroatoms. The molecule has 0 saturated heterocycles. The predicted octanol–water partition coefficient (Wildman–Crippen LogP) is 2.48. The molecule has 0 aliphatic carbocycles. The van der Waals surface area contributed by atoms with E-state index in [2.05, 4.69) is 16.2 Å². The number of rotatable bonds is 5. The summed E-state index contributed by atoms with van der Waals surface area (Å²) in [4.78, 5) is 35.5. The maximum absolute atomic E-state index is 12.0. The van der Waals surface area contributed by atoms with Crippen molar-refractivity contribution in [3.8, 4) is 0 Å². The smallest absolute Gasteiger partial charge is 0.269 e. The van der Waals surface area contributed by atoms with Crippen LogP contribution in [0.3, 0.4) is 0 Å². The first kappa shape index (κ1) is 18.2. The van der Waals surface area contributed by atoms with E-state index in [9.17, 15) is 14.4 Å². The van der Waals surface area contributed by atoms with Crippen molar-refractivity contribution in [1.82, 2.24) is 10.9 Å². The van der Waals surface area contributed by atoms with Crippen molar-refractivity contribution in [3.63, 3.8) is 0 Å². The summed E-state index contributed by atoms with van der Waals surface area (Å²) >= 11 is 0. The monoisotopic (exact) mass is 339 g/mol. The van der Waals surface area contributed by atoms with Gasteiger partial charge in [-0.05, 0) is 43.2 Å². The van der Waals surface area contributed by atoms with Crippen LogP contribution in [0.15, 0.2) is 48.5 Å². The third kappa shape index (κ3) is 5.76. The molecule has 0 saturated carbocycles. The van der Waals surface area contributed by atoms with Crippen LogP contribution < -0.4 is 16.2 Å². The van der Waals surface area contributed by atoms with Crippen molar-refractivity contribution in [2.45, 2.75) is 26.7 Å². The Labute approximate surface area is 146 Å². The molecule has 0 radical (unpaired) electrons. The molecule has 0 atom stereocenters. The Morgan fingerprint density at radius 3 is 2.24 bits per heavy atom. The second-order valence-corrected chi connectivity index (χ2v) is 5.73. The van der Waals surface area contributed by atoms with E-state index in [1.165, 1.54) is 0 Å². The van der Waals surface area contributed by atoms with Gasteiger partial charge >= 0.3 is 0 Å². The van der Waals surface area contributed by atoms with E-state index in [-0.39, 0.29) is 18.7 Å². The molecule has 0 aliphatic heterocycles. The van der Waals surface area contributed by atoms with Crippen LogP contribution in [0.25, 0.3) is 0 Å². The van der Waals surface area contributed by atoms with Crippen molar-refractivity contribution in [2.75, 3.05) is 5.32 Å². The number of hydrogen-bond acceptors (Lipinski definition) is 3. The number of nitrogens with one attached hydrogen (secondary N) is 3. The number of hydrogen-bond donors (Lipinski definition) is 3. The minimum atomic E-state index is -0.430. The average Bonchev–Trinajstić information content (AvgIpc) is 2.61. The van der Waals surface area contributed by atoms with Crippen LogP contribution in [0, 0.1) is 13.8 Å². The SMILES string of the molecule is Cc1ccc(C)c(NC(=O)CCC(=O)NNC(=O)c2ccccc2)c1. The highest BCUT2D eigenvalue weighted by Crippen LogP contribution is 2.16.